The Morgan fingerprint density at radius 3 is 2.41 bits per heavy atom. The number of likely N-dealkylation sites (N-methyl/N-ethyl adjacent to an activating group) is 1. The third kappa shape index (κ3) is 3.92. The van der Waals surface area contributed by atoms with Gasteiger partial charge in [0.2, 0.25) is 5.91 Å². The molecule has 27 heavy (non-hydrogen) atoms. The van der Waals surface area contributed by atoms with Crippen LogP contribution in [0.4, 0.5) is 30.2 Å². The third-order valence-electron chi connectivity index (χ3n) is 4.70. The van der Waals surface area contributed by atoms with Gasteiger partial charge in [-0.15, -0.1) is 0 Å². The summed E-state index contributed by atoms with van der Waals surface area (Å²) in [6.07, 6.45) is -3.15. The molecule has 0 bridgehead atoms. The van der Waals surface area contributed by atoms with E-state index in [1.807, 2.05) is 36.2 Å². The molecule has 1 aliphatic heterocycles. The molecular formula is C20H20F3N3O. The number of anilines is 3. The monoisotopic (exact) mass is 375 g/mol. The second kappa shape index (κ2) is 7.34. The number of para-hydroxylation sites is 2. The van der Waals surface area contributed by atoms with Crippen molar-refractivity contribution in [2.75, 3.05) is 29.9 Å². The molecule has 0 saturated heterocycles. The van der Waals surface area contributed by atoms with Crippen molar-refractivity contribution in [1.29, 1.82) is 0 Å². The van der Waals surface area contributed by atoms with Crippen molar-refractivity contribution in [3.05, 3.63) is 66.7 Å². The van der Waals surface area contributed by atoms with Crippen LogP contribution in [0.3, 0.4) is 0 Å². The predicted octanol–water partition coefficient (Wildman–Crippen LogP) is 3.96. The van der Waals surface area contributed by atoms with Gasteiger partial charge in [-0.3, -0.25) is 4.79 Å². The van der Waals surface area contributed by atoms with Gasteiger partial charge in [-0.05, 0) is 42.5 Å². The van der Waals surface area contributed by atoms with Crippen molar-refractivity contribution in [2.45, 2.75) is 12.2 Å². The summed E-state index contributed by atoms with van der Waals surface area (Å²) in [6, 6.07) is 12.8. The van der Waals surface area contributed by atoms with Gasteiger partial charge in [0.25, 0.3) is 0 Å². The Hall–Kier alpha value is -2.96. The fraction of sp³-hybridized carbons (Fsp3) is 0.250. The van der Waals surface area contributed by atoms with Crippen molar-refractivity contribution < 1.29 is 18.0 Å². The number of fused-ring (bicyclic) bond motifs is 1. The number of carbonyl (C=O) groups is 1. The second-order valence-corrected chi connectivity index (χ2v) is 6.36. The highest BCUT2D eigenvalue weighted by atomic mass is 19.4. The fourth-order valence-corrected chi connectivity index (χ4v) is 3.19. The minimum Gasteiger partial charge on any atom is -0.366 e. The van der Waals surface area contributed by atoms with Crippen LogP contribution in [0.15, 0.2) is 61.2 Å². The SMILES string of the molecule is C=CC(=O)NC[C@H]1CN(c2ccc(C(F)(F)F)cc2)c2ccccc2N1C. The minimum atomic E-state index is -4.37. The van der Waals surface area contributed by atoms with Crippen LogP contribution in [0.25, 0.3) is 0 Å². The van der Waals surface area contributed by atoms with Gasteiger partial charge in [-0.25, -0.2) is 0 Å². The third-order valence-corrected chi connectivity index (χ3v) is 4.70. The normalized spacial score (nSPS) is 16.7. The average molecular weight is 375 g/mol. The first kappa shape index (κ1) is 18.8. The summed E-state index contributed by atoms with van der Waals surface area (Å²) < 4.78 is 38.6. The van der Waals surface area contributed by atoms with E-state index in [2.05, 4.69) is 16.8 Å². The van der Waals surface area contributed by atoms with Gasteiger partial charge in [0.05, 0.1) is 23.0 Å². The van der Waals surface area contributed by atoms with E-state index >= 15 is 0 Å². The van der Waals surface area contributed by atoms with E-state index in [0.717, 1.165) is 23.5 Å². The van der Waals surface area contributed by atoms with Crippen LogP contribution in [-0.4, -0.2) is 32.1 Å². The molecule has 0 saturated carbocycles. The molecule has 0 fully saturated rings. The fourth-order valence-electron chi connectivity index (χ4n) is 3.19. The molecule has 3 rings (SSSR count). The van der Waals surface area contributed by atoms with Gasteiger partial charge < -0.3 is 15.1 Å². The van der Waals surface area contributed by atoms with E-state index in [1.165, 1.54) is 18.2 Å². The molecule has 0 spiro atoms. The molecule has 1 heterocycles. The lowest BCUT2D eigenvalue weighted by Gasteiger charge is -2.43. The molecule has 1 aliphatic rings. The predicted molar refractivity (Wildman–Crippen MR) is 100 cm³/mol. The number of carbonyl (C=O) groups excluding carboxylic acids is 1. The van der Waals surface area contributed by atoms with Crippen molar-refractivity contribution in [3.8, 4) is 0 Å². The first-order chi connectivity index (χ1) is 12.8. The lowest BCUT2D eigenvalue weighted by atomic mass is 10.1. The molecule has 0 aromatic heterocycles. The van der Waals surface area contributed by atoms with Crippen LogP contribution in [-0.2, 0) is 11.0 Å². The Labute approximate surface area is 155 Å². The molecule has 1 N–H and O–H groups in total. The zero-order chi connectivity index (χ0) is 19.6. The van der Waals surface area contributed by atoms with Gasteiger partial charge in [-0.2, -0.15) is 13.2 Å². The molecule has 7 heteroatoms. The summed E-state index contributed by atoms with van der Waals surface area (Å²) in [5, 5.41) is 2.79. The number of rotatable bonds is 4. The highest BCUT2D eigenvalue weighted by molar-refractivity contribution is 5.87. The van der Waals surface area contributed by atoms with Crippen LogP contribution < -0.4 is 15.1 Å². The van der Waals surface area contributed by atoms with E-state index in [4.69, 9.17) is 0 Å². The molecule has 2 aromatic rings. The van der Waals surface area contributed by atoms with Gasteiger partial charge in [-0.1, -0.05) is 18.7 Å². The Balaban J connectivity index is 1.92. The summed E-state index contributed by atoms with van der Waals surface area (Å²) in [5.74, 6) is -0.261. The largest absolute Gasteiger partial charge is 0.416 e. The summed E-state index contributed by atoms with van der Waals surface area (Å²) in [7, 11) is 1.94. The Morgan fingerprint density at radius 2 is 1.81 bits per heavy atom. The van der Waals surface area contributed by atoms with Crippen LogP contribution in [0, 0.1) is 0 Å². The molecule has 1 amide bonds. The molecular weight excluding hydrogens is 355 g/mol. The number of hydrogen-bond donors (Lipinski definition) is 1. The lowest BCUT2D eigenvalue weighted by molar-refractivity contribution is -0.137. The van der Waals surface area contributed by atoms with E-state index < -0.39 is 11.7 Å². The standard InChI is InChI=1S/C20H20F3N3O/c1-3-19(27)24-12-16-13-26(18-7-5-4-6-17(18)25(16)2)15-10-8-14(9-11-15)20(21,22)23/h3-11,16H,1,12-13H2,2H3,(H,24,27)/t16-/m0/s1. The number of halogens is 3. The highest BCUT2D eigenvalue weighted by Gasteiger charge is 2.32. The molecule has 0 radical (unpaired) electrons. The summed E-state index contributed by atoms with van der Waals surface area (Å²) in [4.78, 5) is 15.6. The Kier molecular flexibility index (Phi) is 5.12. The average Bonchev–Trinajstić information content (AvgIpc) is 2.67. The zero-order valence-corrected chi connectivity index (χ0v) is 14.8. The summed E-state index contributed by atoms with van der Waals surface area (Å²) >= 11 is 0. The van der Waals surface area contributed by atoms with Crippen LogP contribution in [0.2, 0.25) is 0 Å². The molecule has 4 nitrogen and oxygen atoms in total. The molecule has 1 atom stereocenters. The second-order valence-electron chi connectivity index (χ2n) is 6.36. The van der Waals surface area contributed by atoms with Crippen molar-refractivity contribution in [1.82, 2.24) is 5.32 Å². The topological polar surface area (TPSA) is 35.6 Å². The minimum absolute atomic E-state index is 0.0499. The smallest absolute Gasteiger partial charge is 0.366 e. The molecule has 0 unspecified atom stereocenters. The van der Waals surface area contributed by atoms with E-state index in [9.17, 15) is 18.0 Å². The van der Waals surface area contributed by atoms with Gasteiger partial charge in [0.1, 0.15) is 0 Å². The van der Waals surface area contributed by atoms with E-state index in [-0.39, 0.29) is 11.9 Å². The van der Waals surface area contributed by atoms with E-state index in [0.29, 0.717) is 18.8 Å². The molecule has 2 aromatic carbocycles. The number of amides is 1. The summed E-state index contributed by atoms with van der Waals surface area (Å²) in [5.41, 5.74) is 1.85. The quantitative estimate of drug-likeness (QED) is 0.822. The van der Waals surface area contributed by atoms with Gasteiger partial charge >= 0.3 is 6.18 Å². The number of nitrogens with zero attached hydrogens (tertiary/aromatic N) is 2. The first-order valence-electron chi connectivity index (χ1n) is 8.48. The van der Waals surface area contributed by atoms with Crippen molar-refractivity contribution >= 4 is 23.0 Å². The number of hydrogen-bond acceptors (Lipinski definition) is 3. The maximum absolute atomic E-state index is 12.9. The molecule has 142 valence electrons. The number of benzene rings is 2. The highest BCUT2D eigenvalue weighted by Crippen LogP contribution is 2.39. The number of nitrogens with one attached hydrogen (secondary N) is 1. The van der Waals surface area contributed by atoms with Crippen LogP contribution in [0.1, 0.15) is 5.56 Å². The first-order valence-corrected chi connectivity index (χ1v) is 8.48. The maximum atomic E-state index is 12.9. The molecule has 0 aliphatic carbocycles. The lowest BCUT2D eigenvalue weighted by Crippen LogP contribution is -2.51. The Morgan fingerprint density at radius 1 is 1.19 bits per heavy atom. The van der Waals surface area contributed by atoms with Crippen LogP contribution in [0.5, 0.6) is 0 Å². The number of alkyl halides is 3. The Bertz CT molecular complexity index is 833. The van der Waals surface area contributed by atoms with Gasteiger partial charge in [0, 0.05) is 25.8 Å². The van der Waals surface area contributed by atoms with Crippen LogP contribution >= 0.6 is 0 Å². The van der Waals surface area contributed by atoms with Crippen molar-refractivity contribution in [2.24, 2.45) is 0 Å². The van der Waals surface area contributed by atoms with Gasteiger partial charge in [0.15, 0.2) is 0 Å². The summed E-state index contributed by atoms with van der Waals surface area (Å²) in [6.45, 7) is 4.36. The zero-order valence-electron chi connectivity index (χ0n) is 14.8. The van der Waals surface area contributed by atoms with Crippen molar-refractivity contribution in [3.63, 3.8) is 0 Å². The maximum Gasteiger partial charge on any atom is 0.416 e. The van der Waals surface area contributed by atoms with E-state index in [1.54, 1.807) is 0 Å².